The molecular formula is C8H17NO. The van der Waals surface area contributed by atoms with Crippen LogP contribution in [0.2, 0.25) is 0 Å². The van der Waals surface area contributed by atoms with Gasteiger partial charge in [-0.1, -0.05) is 6.92 Å². The second kappa shape index (κ2) is 3.35. The summed E-state index contributed by atoms with van der Waals surface area (Å²) in [6.45, 7) is 6.51. The Balaban J connectivity index is 2.04. The Morgan fingerprint density at radius 2 is 2.20 bits per heavy atom. The molecule has 0 aromatic carbocycles. The van der Waals surface area contributed by atoms with Crippen LogP contribution in [0.5, 0.6) is 0 Å². The molecule has 0 bridgehead atoms. The third-order valence-corrected chi connectivity index (χ3v) is 2.07. The largest absolute Gasteiger partial charge is 0.374 e. The van der Waals surface area contributed by atoms with Crippen molar-refractivity contribution in [2.45, 2.75) is 32.5 Å². The Bertz CT molecular complexity index is 99.4. The van der Waals surface area contributed by atoms with E-state index in [0.717, 1.165) is 13.1 Å². The first-order chi connectivity index (χ1) is 4.72. The zero-order valence-corrected chi connectivity index (χ0v) is 7.13. The number of likely N-dealkylation sites (N-methyl/N-ethyl adjacent to an activating group) is 1. The first-order valence-electron chi connectivity index (χ1n) is 4.06. The molecule has 0 spiro atoms. The molecule has 1 aliphatic rings. The van der Waals surface area contributed by atoms with Gasteiger partial charge in [0.15, 0.2) is 0 Å². The monoisotopic (exact) mass is 143 g/mol. The highest BCUT2D eigenvalue weighted by Gasteiger charge is 2.26. The SMILES string of the molecule is CCN(C)CC1CC(C)O1. The maximum Gasteiger partial charge on any atom is 0.0730 e. The van der Waals surface area contributed by atoms with Gasteiger partial charge in [0.25, 0.3) is 0 Å². The van der Waals surface area contributed by atoms with Gasteiger partial charge in [-0.3, -0.25) is 0 Å². The van der Waals surface area contributed by atoms with E-state index in [-0.39, 0.29) is 0 Å². The predicted octanol–water partition coefficient (Wildman–Crippen LogP) is 1.12. The Kier molecular flexibility index (Phi) is 2.69. The molecule has 10 heavy (non-hydrogen) atoms. The molecule has 1 rings (SSSR count). The highest BCUT2D eigenvalue weighted by molar-refractivity contribution is 4.75. The first-order valence-corrected chi connectivity index (χ1v) is 4.06. The van der Waals surface area contributed by atoms with Crippen molar-refractivity contribution < 1.29 is 4.74 Å². The summed E-state index contributed by atoms with van der Waals surface area (Å²) in [5, 5.41) is 0. The van der Waals surface area contributed by atoms with Crippen LogP contribution in [-0.2, 0) is 4.74 Å². The van der Waals surface area contributed by atoms with E-state index in [1.807, 2.05) is 0 Å². The van der Waals surface area contributed by atoms with Crippen molar-refractivity contribution in [2.75, 3.05) is 20.1 Å². The fourth-order valence-corrected chi connectivity index (χ4v) is 1.28. The molecule has 2 nitrogen and oxygen atoms in total. The fraction of sp³-hybridized carbons (Fsp3) is 1.00. The molecule has 60 valence electrons. The average Bonchev–Trinajstić information content (AvgIpc) is 1.84. The second-order valence-electron chi connectivity index (χ2n) is 3.16. The first kappa shape index (κ1) is 8.02. The number of hydrogen-bond acceptors (Lipinski definition) is 2. The fourth-order valence-electron chi connectivity index (χ4n) is 1.28. The Labute approximate surface area is 63.2 Å². The van der Waals surface area contributed by atoms with Crippen LogP contribution in [0.3, 0.4) is 0 Å². The molecule has 2 atom stereocenters. The van der Waals surface area contributed by atoms with Crippen LogP contribution in [0.1, 0.15) is 20.3 Å². The molecule has 1 aliphatic heterocycles. The number of ether oxygens (including phenoxy) is 1. The minimum absolute atomic E-state index is 0.509. The lowest BCUT2D eigenvalue weighted by Gasteiger charge is -2.35. The summed E-state index contributed by atoms with van der Waals surface area (Å²) in [6.07, 6.45) is 2.26. The molecule has 2 unspecified atom stereocenters. The van der Waals surface area contributed by atoms with Gasteiger partial charge in [-0.25, -0.2) is 0 Å². The van der Waals surface area contributed by atoms with Crippen molar-refractivity contribution >= 4 is 0 Å². The van der Waals surface area contributed by atoms with Crippen molar-refractivity contribution in [3.05, 3.63) is 0 Å². The maximum atomic E-state index is 5.47. The van der Waals surface area contributed by atoms with Crippen LogP contribution in [-0.4, -0.2) is 37.2 Å². The molecular weight excluding hydrogens is 126 g/mol. The quantitative estimate of drug-likeness (QED) is 0.587. The van der Waals surface area contributed by atoms with Gasteiger partial charge < -0.3 is 9.64 Å². The summed E-state index contributed by atoms with van der Waals surface area (Å²) in [4.78, 5) is 2.29. The number of rotatable bonds is 3. The molecule has 0 saturated carbocycles. The third-order valence-electron chi connectivity index (χ3n) is 2.07. The van der Waals surface area contributed by atoms with Crippen molar-refractivity contribution in [1.82, 2.24) is 4.90 Å². The van der Waals surface area contributed by atoms with E-state index in [1.54, 1.807) is 0 Å². The summed E-state index contributed by atoms with van der Waals surface area (Å²) in [6, 6.07) is 0. The molecule has 2 heteroatoms. The highest BCUT2D eigenvalue weighted by atomic mass is 16.5. The standard InChI is InChI=1S/C8H17NO/c1-4-9(3)6-8-5-7(2)10-8/h7-8H,4-6H2,1-3H3. The number of nitrogens with zero attached hydrogens (tertiary/aromatic N) is 1. The van der Waals surface area contributed by atoms with E-state index in [9.17, 15) is 0 Å². The van der Waals surface area contributed by atoms with Gasteiger partial charge in [0.05, 0.1) is 12.2 Å². The van der Waals surface area contributed by atoms with Crippen LogP contribution in [0.15, 0.2) is 0 Å². The minimum Gasteiger partial charge on any atom is -0.374 e. The second-order valence-corrected chi connectivity index (χ2v) is 3.16. The van der Waals surface area contributed by atoms with E-state index in [1.165, 1.54) is 6.42 Å². The summed E-state index contributed by atoms with van der Waals surface area (Å²) in [5.74, 6) is 0. The van der Waals surface area contributed by atoms with Gasteiger partial charge in [-0.2, -0.15) is 0 Å². The maximum absolute atomic E-state index is 5.47. The Morgan fingerprint density at radius 1 is 1.60 bits per heavy atom. The summed E-state index contributed by atoms with van der Waals surface area (Å²) < 4.78 is 5.47. The molecule has 0 aromatic rings. The van der Waals surface area contributed by atoms with Gasteiger partial charge in [0.2, 0.25) is 0 Å². The van der Waals surface area contributed by atoms with Crippen LogP contribution < -0.4 is 0 Å². The summed E-state index contributed by atoms with van der Waals surface area (Å²) in [5.41, 5.74) is 0. The molecule has 1 heterocycles. The number of hydrogen-bond donors (Lipinski definition) is 0. The minimum atomic E-state index is 0.509. The lowest BCUT2D eigenvalue weighted by Crippen LogP contribution is -2.42. The molecule has 0 aromatic heterocycles. The topological polar surface area (TPSA) is 12.5 Å². The third kappa shape index (κ3) is 1.96. The van der Waals surface area contributed by atoms with E-state index in [0.29, 0.717) is 12.2 Å². The van der Waals surface area contributed by atoms with Crippen molar-refractivity contribution in [3.8, 4) is 0 Å². The Morgan fingerprint density at radius 3 is 2.60 bits per heavy atom. The van der Waals surface area contributed by atoms with E-state index < -0.39 is 0 Å². The Hall–Kier alpha value is -0.0800. The van der Waals surface area contributed by atoms with E-state index in [4.69, 9.17) is 4.74 Å². The summed E-state index contributed by atoms with van der Waals surface area (Å²) >= 11 is 0. The predicted molar refractivity (Wildman–Crippen MR) is 42.1 cm³/mol. The van der Waals surface area contributed by atoms with E-state index >= 15 is 0 Å². The molecule has 0 N–H and O–H groups in total. The zero-order valence-electron chi connectivity index (χ0n) is 7.13. The normalized spacial score (nSPS) is 32.4. The van der Waals surface area contributed by atoms with Crippen molar-refractivity contribution in [3.63, 3.8) is 0 Å². The lowest BCUT2D eigenvalue weighted by molar-refractivity contribution is -0.121. The molecule has 1 fully saturated rings. The molecule has 0 radical (unpaired) electrons. The highest BCUT2D eigenvalue weighted by Crippen LogP contribution is 2.19. The van der Waals surface area contributed by atoms with Crippen molar-refractivity contribution in [2.24, 2.45) is 0 Å². The van der Waals surface area contributed by atoms with Crippen LogP contribution in [0.4, 0.5) is 0 Å². The molecule has 1 saturated heterocycles. The van der Waals surface area contributed by atoms with Crippen molar-refractivity contribution in [1.29, 1.82) is 0 Å². The molecule has 0 amide bonds. The van der Waals surface area contributed by atoms with Crippen LogP contribution >= 0.6 is 0 Å². The smallest absolute Gasteiger partial charge is 0.0730 e. The van der Waals surface area contributed by atoms with Gasteiger partial charge in [0.1, 0.15) is 0 Å². The van der Waals surface area contributed by atoms with Gasteiger partial charge in [-0.15, -0.1) is 0 Å². The zero-order chi connectivity index (χ0) is 7.56. The van der Waals surface area contributed by atoms with Gasteiger partial charge in [0, 0.05) is 13.0 Å². The van der Waals surface area contributed by atoms with Gasteiger partial charge >= 0.3 is 0 Å². The average molecular weight is 143 g/mol. The van der Waals surface area contributed by atoms with Crippen LogP contribution in [0.25, 0.3) is 0 Å². The summed E-state index contributed by atoms with van der Waals surface area (Å²) in [7, 11) is 2.13. The van der Waals surface area contributed by atoms with Crippen LogP contribution in [0, 0.1) is 0 Å². The molecule has 0 aliphatic carbocycles. The van der Waals surface area contributed by atoms with E-state index in [2.05, 4.69) is 25.8 Å². The van der Waals surface area contributed by atoms with Gasteiger partial charge in [-0.05, 0) is 20.5 Å². The lowest BCUT2D eigenvalue weighted by atomic mass is 10.1.